The topological polar surface area (TPSA) is 58.6 Å². The predicted octanol–water partition coefficient (Wildman–Crippen LogP) is 6.28. The fraction of sp³-hybridized carbons (Fsp3) is 0.333. The summed E-state index contributed by atoms with van der Waals surface area (Å²) in [4.78, 5) is 27.5. The molecule has 184 valence electrons. The van der Waals surface area contributed by atoms with Crippen molar-refractivity contribution in [3.05, 3.63) is 95.6 Å². The van der Waals surface area contributed by atoms with E-state index in [0.717, 1.165) is 24.2 Å². The molecule has 0 heterocycles. The molecule has 0 spiro atoms. The molecule has 3 aromatic carbocycles. The van der Waals surface area contributed by atoms with Gasteiger partial charge in [0.15, 0.2) is 0 Å². The Kier molecular flexibility index (Phi) is 10.4. The zero-order valence-corrected chi connectivity index (χ0v) is 20.8. The van der Waals surface area contributed by atoms with Crippen LogP contribution in [0, 0.1) is 0 Å². The van der Waals surface area contributed by atoms with Crippen molar-refractivity contribution in [1.29, 1.82) is 0 Å². The van der Waals surface area contributed by atoms with Gasteiger partial charge in [-0.1, -0.05) is 75.1 Å². The lowest BCUT2D eigenvalue weighted by molar-refractivity contribution is 0.0954. The summed E-state index contributed by atoms with van der Waals surface area (Å²) in [6.45, 7) is 3.41. The lowest BCUT2D eigenvalue weighted by atomic mass is 10.1. The maximum atomic E-state index is 13.1. The van der Waals surface area contributed by atoms with Gasteiger partial charge in [-0.15, -0.1) is 0 Å². The fourth-order valence-electron chi connectivity index (χ4n) is 3.91. The highest BCUT2D eigenvalue weighted by Crippen LogP contribution is 2.22. The lowest BCUT2D eigenvalue weighted by Gasteiger charge is -2.21. The molecule has 0 fully saturated rings. The molecule has 0 aliphatic heterocycles. The minimum Gasteiger partial charge on any atom is -0.494 e. The molecule has 0 radical (unpaired) electrons. The van der Waals surface area contributed by atoms with Gasteiger partial charge in [0.05, 0.1) is 17.9 Å². The van der Waals surface area contributed by atoms with Crippen molar-refractivity contribution in [2.24, 2.45) is 0 Å². The van der Waals surface area contributed by atoms with Gasteiger partial charge in [-0.2, -0.15) is 0 Å². The Morgan fingerprint density at radius 2 is 1.51 bits per heavy atom. The number of carbonyl (C=O) groups is 2. The van der Waals surface area contributed by atoms with Gasteiger partial charge < -0.3 is 15.0 Å². The van der Waals surface area contributed by atoms with Crippen LogP contribution in [0.3, 0.4) is 0 Å². The van der Waals surface area contributed by atoms with Crippen LogP contribution in [0.4, 0.5) is 5.69 Å². The minimum atomic E-state index is -0.195. The Labute approximate surface area is 209 Å². The molecular formula is C30H36N2O3. The van der Waals surface area contributed by atoms with Crippen LogP contribution in [-0.2, 0) is 6.42 Å². The Balaban J connectivity index is 1.57. The van der Waals surface area contributed by atoms with Gasteiger partial charge in [0.2, 0.25) is 0 Å². The molecule has 5 nitrogen and oxygen atoms in total. The van der Waals surface area contributed by atoms with E-state index in [1.807, 2.05) is 54.6 Å². The van der Waals surface area contributed by atoms with Gasteiger partial charge in [0, 0.05) is 19.2 Å². The third-order valence-corrected chi connectivity index (χ3v) is 5.97. The van der Waals surface area contributed by atoms with E-state index < -0.39 is 0 Å². The summed E-state index contributed by atoms with van der Waals surface area (Å²) in [5, 5.41) is 2.97. The number of ether oxygens (including phenoxy) is 1. The first-order valence-corrected chi connectivity index (χ1v) is 12.5. The van der Waals surface area contributed by atoms with Crippen LogP contribution < -0.4 is 15.0 Å². The maximum Gasteiger partial charge on any atom is 0.258 e. The third kappa shape index (κ3) is 7.99. The van der Waals surface area contributed by atoms with Gasteiger partial charge in [-0.3, -0.25) is 9.59 Å². The van der Waals surface area contributed by atoms with E-state index in [1.165, 1.54) is 30.6 Å². The molecule has 0 aliphatic carbocycles. The van der Waals surface area contributed by atoms with E-state index in [4.69, 9.17) is 4.74 Å². The van der Waals surface area contributed by atoms with Crippen molar-refractivity contribution in [1.82, 2.24) is 5.32 Å². The summed E-state index contributed by atoms with van der Waals surface area (Å²) in [7, 11) is 1.69. The summed E-state index contributed by atoms with van der Waals surface area (Å²) in [5.41, 5.74) is 2.75. The number of nitrogens with one attached hydrogen (secondary N) is 1. The quantitative estimate of drug-likeness (QED) is 0.298. The van der Waals surface area contributed by atoms with Gasteiger partial charge in [-0.05, 0) is 54.8 Å². The first-order chi connectivity index (χ1) is 17.1. The molecule has 2 amide bonds. The number of hydrogen-bond acceptors (Lipinski definition) is 3. The normalized spacial score (nSPS) is 10.6. The van der Waals surface area contributed by atoms with Crippen molar-refractivity contribution in [2.45, 2.75) is 45.4 Å². The zero-order valence-electron chi connectivity index (χ0n) is 20.8. The second kappa shape index (κ2) is 14.0. The molecule has 0 bridgehead atoms. The standard InChI is InChI=1S/C30H36N2O3/c1-3-4-5-6-12-23-35-26-19-17-25(18-20-26)30(34)32(2)28-16-11-10-15-27(28)29(33)31-22-21-24-13-8-7-9-14-24/h7-11,13-20H,3-6,12,21-23H2,1-2H3,(H,31,33). The van der Waals surface area contributed by atoms with Crippen LogP contribution in [0.5, 0.6) is 5.75 Å². The van der Waals surface area contributed by atoms with Crippen molar-refractivity contribution in [3.63, 3.8) is 0 Å². The van der Waals surface area contributed by atoms with E-state index in [0.29, 0.717) is 30.0 Å². The van der Waals surface area contributed by atoms with Gasteiger partial charge >= 0.3 is 0 Å². The first-order valence-electron chi connectivity index (χ1n) is 12.5. The molecule has 5 heteroatoms. The van der Waals surface area contributed by atoms with Crippen molar-refractivity contribution in [3.8, 4) is 5.75 Å². The molecule has 3 aromatic rings. The van der Waals surface area contributed by atoms with E-state index in [2.05, 4.69) is 12.2 Å². The molecule has 0 aliphatic rings. The monoisotopic (exact) mass is 472 g/mol. The smallest absolute Gasteiger partial charge is 0.258 e. The van der Waals surface area contributed by atoms with E-state index in [1.54, 1.807) is 31.3 Å². The largest absolute Gasteiger partial charge is 0.494 e. The SMILES string of the molecule is CCCCCCCOc1ccc(C(=O)N(C)c2ccccc2C(=O)NCCc2ccccc2)cc1. The zero-order chi connectivity index (χ0) is 24.9. The highest BCUT2D eigenvalue weighted by atomic mass is 16.5. The molecule has 0 saturated carbocycles. The second-order valence-electron chi connectivity index (χ2n) is 8.66. The molecular weight excluding hydrogens is 436 g/mol. The average molecular weight is 473 g/mol. The summed E-state index contributed by atoms with van der Waals surface area (Å²) < 4.78 is 5.81. The van der Waals surface area contributed by atoms with Crippen LogP contribution in [0.25, 0.3) is 0 Å². The number of benzene rings is 3. The van der Waals surface area contributed by atoms with E-state index in [-0.39, 0.29) is 11.8 Å². The minimum absolute atomic E-state index is 0.180. The van der Waals surface area contributed by atoms with Crippen molar-refractivity contribution >= 4 is 17.5 Å². The van der Waals surface area contributed by atoms with Gasteiger partial charge in [0.1, 0.15) is 5.75 Å². The van der Waals surface area contributed by atoms with Crippen molar-refractivity contribution < 1.29 is 14.3 Å². The number of para-hydroxylation sites is 1. The number of rotatable bonds is 13. The highest BCUT2D eigenvalue weighted by Gasteiger charge is 2.19. The number of nitrogens with zero attached hydrogens (tertiary/aromatic N) is 1. The maximum absolute atomic E-state index is 13.1. The second-order valence-corrected chi connectivity index (χ2v) is 8.66. The van der Waals surface area contributed by atoms with Crippen molar-refractivity contribution in [2.75, 3.05) is 25.1 Å². The Morgan fingerprint density at radius 1 is 0.829 bits per heavy atom. The van der Waals surface area contributed by atoms with Gasteiger partial charge in [0.25, 0.3) is 11.8 Å². The lowest BCUT2D eigenvalue weighted by Crippen LogP contribution is -2.31. The molecule has 1 N–H and O–H groups in total. The van der Waals surface area contributed by atoms with E-state index in [9.17, 15) is 9.59 Å². The van der Waals surface area contributed by atoms with Crippen LogP contribution in [0.1, 0.15) is 65.3 Å². The Bertz CT molecular complexity index is 1060. The number of amides is 2. The Morgan fingerprint density at radius 3 is 2.26 bits per heavy atom. The number of carbonyl (C=O) groups excluding carboxylic acids is 2. The summed E-state index contributed by atoms with van der Waals surface area (Å²) in [6, 6.07) is 24.4. The molecule has 0 saturated heterocycles. The molecule has 0 atom stereocenters. The number of unbranched alkanes of at least 4 members (excludes halogenated alkanes) is 4. The summed E-state index contributed by atoms with van der Waals surface area (Å²) in [5.74, 6) is 0.386. The third-order valence-electron chi connectivity index (χ3n) is 5.97. The van der Waals surface area contributed by atoms with Crippen LogP contribution in [-0.4, -0.2) is 32.0 Å². The van der Waals surface area contributed by atoms with Crippen LogP contribution >= 0.6 is 0 Å². The summed E-state index contributed by atoms with van der Waals surface area (Å²) in [6.07, 6.45) is 6.70. The first kappa shape index (κ1) is 26.0. The molecule has 0 aromatic heterocycles. The predicted molar refractivity (Wildman–Crippen MR) is 142 cm³/mol. The van der Waals surface area contributed by atoms with Gasteiger partial charge in [-0.25, -0.2) is 0 Å². The fourth-order valence-corrected chi connectivity index (χ4v) is 3.91. The number of anilines is 1. The molecule has 0 unspecified atom stereocenters. The van der Waals surface area contributed by atoms with Crippen LogP contribution in [0.2, 0.25) is 0 Å². The van der Waals surface area contributed by atoms with Crippen LogP contribution in [0.15, 0.2) is 78.9 Å². The average Bonchev–Trinajstić information content (AvgIpc) is 2.90. The Hall–Kier alpha value is -3.60. The van der Waals surface area contributed by atoms with E-state index >= 15 is 0 Å². The number of hydrogen-bond donors (Lipinski definition) is 1. The summed E-state index contributed by atoms with van der Waals surface area (Å²) >= 11 is 0. The highest BCUT2D eigenvalue weighted by molar-refractivity contribution is 6.10. The molecule has 3 rings (SSSR count). The molecule has 35 heavy (non-hydrogen) atoms.